The number of thioether (sulfide) groups is 1. The van der Waals surface area contributed by atoms with E-state index < -0.39 is 16.5 Å². The quantitative estimate of drug-likeness (QED) is 0.0748. The summed E-state index contributed by atoms with van der Waals surface area (Å²) in [6.45, 7) is 12.7. The van der Waals surface area contributed by atoms with Crippen molar-refractivity contribution in [1.29, 1.82) is 0 Å². The Balaban J connectivity index is 1.51. The van der Waals surface area contributed by atoms with Gasteiger partial charge in [0, 0.05) is 57.2 Å². The zero-order valence-electron chi connectivity index (χ0n) is 28.0. The van der Waals surface area contributed by atoms with E-state index >= 15 is 0 Å². The molecule has 0 unspecified atom stereocenters. The van der Waals surface area contributed by atoms with E-state index in [-0.39, 0.29) is 11.4 Å². The van der Waals surface area contributed by atoms with E-state index in [1.807, 2.05) is 61.7 Å². The Morgan fingerprint density at radius 2 is 1.67 bits per heavy atom. The van der Waals surface area contributed by atoms with Crippen LogP contribution in [-0.4, -0.2) is 35.4 Å². The standard InChI is InChI=1S/C37H40N4O6S/c1-24-7-13-28(38-19-24)23-46-29-14-16-32-30(17-29)34(48-36(2,3)4)33(18-37(5,6)35(42)43)40(32)21-25-8-11-27(12-9-25)31-15-10-26(20-39-31)22-47-41(44)45/h7-17,19-20H,18,21-23H2,1-6H3,(H,42,43). The number of rotatable bonds is 13. The normalized spacial score (nSPS) is 11.9. The minimum absolute atomic E-state index is 0.135. The lowest BCUT2D eigenvalue weighted by Crippen LogP contribution is -2.28. The minimum atomic E-state index is -0.998. The van der Waals surface area contributed by atoms with Gasteiger partial charge in [0.15, 0.2) is 0 Å². The molecule has 5 aromatic rings. The number of aliphatic carboxylic acids is 1. The fourth-order valence-corrected chi connectivity index (χ4v) is 6.41. The molecular weight excluding hydrogens is 628 g/mol. The number of carbonyl (C=O) groups is 1. The highest BCUT2D eigenvalue weighted by atomic mass is 32.2. The Morgan fingerprint density at radius 1 is 0.938 bits per heavy atom. The molecule has 0 aliphatic heterocycles. The van der Waals surface area contributed by atoms with Crippen LogP contribution in [0.5, 0.6) is 5.75 Å². The summed E-state index contributed by atoms with van der Waals surface area (Å²) in [6, 6.07) is 21.7. The van der Waals surface area contributed by atoms with Gasteiger partial charge in [0.2, 0.25) is 0 Å². The predicted octanol–water partition coefficient (Wildman–Crippen LogP) is 8.29. The molecule has 11 heteroatoms. The molecule has 0 radical (unpaired) electrons. The third-order valence-corrected chi connectivity index (χ3v) is 9.07. The highest BCUT2D eigenvalue weighted by molar-refractivity contribution is 8.00. The van der Waals surface area contributed by atoms with Crippen molar-refractivity contribution >= 4 is 28.6 Å². The molecule has 5 rings (SSSR count). The molecule has 3 heterocycles. The molecule has 10 nitrogen and oxygen atoms in total. The molecule has 250 valence electrons. The van der Waals surface area contributed by atoms with Crippen LogP contribution in [0.1, 0.15) is 62.7 Å². The Labute approximate surface area is 284 Å². The number of ether oxygens (including phenoxy) is 1. The molecule has 0 aliphatic carbocycles. The highest BCUT2D eigenvalue weighted by Crippen LogP contribution is 2.44. The summed E-state index contributed by atoms with van der Waals surface area (Å²) in [7, 11) is 0. The Hall–Kier alpha value is -4.90. The molecule has 0 saturated carbocycles. The van der Waals surface area contributed by atoms with Gasteiger partial charge in [-0.05, 0) is 67.8 Å². The lowest BCUT2D eigenvalue weighted by Gasteiger charge is -2.24. The van der Waals surface area contributed by atoms with E-state index in [0.29, 0.717) is 25.1 Å². The molecule has 0 fully saturated rings. The SMILES string of the molecule is Cc1ccc(COc2ccc3c(c2)c(SC(C)(C)C)c(CC(C)(C)C(=O)O)n3Cc2ccc(-c3ccc(CO[N+](=O)[O-])cn3)cc2)nc1. The van der Waals surface area contributed by atoms with Crippen LogP contribution < -0.4 is 4.74 Å². The lowest BCUT2D eigenvalue weighted by molar-refractivity contribution is -0.763. The molecule has 0 amide bonds. The van der Waals surface area contributed by atoms with Crippen molar-refractivity contribution in [3.05, 3.63) is 117 Å². The summed E-state index contributed by atoms with van der Waals surface area (Å²) in [5, 5.41) is 20.8. The van der Waals surface area contributed by atoms with Gasteiger partial charge in [-0.3, -0.25) is 14.8 Å². The number of benzene rings is 2. The van der Waals surface area contributed by atoms with Gasteiger partial charge in [0.05, 0.1) is 16.8 Å². The maximum atomic E-state index is 12.4. The fourth-order valence-electron chi connectivity index (χ4n) is 5.23. The minimum Gasteiger partial charge on any atom is -0.487 e. The number of carboxylic acid groups (broad SMARTS) is 1. The predicted molar refractivity (Wildman–Crippen MR) is 187 cm³/mol. The van der Waals surface area contributed by atoms with Gasteiger partial charge in [0.1, 0.15) is 19.0 Å². The topological polar surface area (TPSA) is 130 Å². The van der Waals surface area contributed by atoms with Gasteiger partial charge in [0.25, 0.3) is 5.09 Å². The zero-order valence-corrected chi connectivity index (χ0v) is 28.8. The Morgan fingerprint density at radius 3 is 2.27 bits per heavy atom. The van der Waals surface area contributed by atoms with Crippen molar-refractivity contribution in [3.8, 4) is 17.0 Å². The first-order valence-electron chi connectivity index (χ1n) is 15.6. The zero-order chi connectivity index (χ0) is 34.6. The summed E-state index contributed by atoms with van der Waals surface area (Å²) in [5.74, 6) is -0.136. The molecule has 0 atom stereocenters. The van der Waals surface area contributed by atoms with Crippen LogP contribution in [0.4, 0.5) is 0 Å². The smallest absolute Gasteiger partial charge is 0.309 e. The van der Waals surface area contributed by atoms with E-state index in [4.69, 9.17) is 4.74 Å². The van der Waals surface area contributed by atoms with Crippen LogP contribution in [0, 0.1) is 22.5 Å². The van der Waals surface area contributed by atoms with Gasteiger partial charge in [-0.25, -0.2) is 0 Å². The van der Waals surface area contributed by atoms with Crippen molar-refractivity contribution in [2.45, 2.75) is 77.4 Å². The van der Waals surface area contributed by atoms with Crippen molar-refractivity contribution in [3.63, 3.8) is 0 Å². The van der Waals surface area contributed by atoms with Gasteiger partial charge in [-0.1, -0.05) is 57.2 Å². The van der Waals surface area contributed by atoms with Gasteiger partial charge < -0.3 is 19.2 Å². The van der Waals surface area contributed by atoms with E-state index in [1.54, 1.807) is 37.9 Å². The largest absolute Gasteiger partial charge is 0.487 e. The number of nitrogens with zero attached hydrogens (tertiary/aromatic N) is 4. The molecule has 0 aliphatic rings. The monoisotopic (exact) mass is 668 g/mol. The van der Waals surface area contributed by atoms with Crippen LogP contribution in [0.3, 0.4) is 0 Å². The van der Waals surface area contributed by atoms with Crippen LogP contribution in [0.25, 0.3) is 22.2 Å². The van der Waals surface area contributed by atoms with Gasteiger partial charge >= 0.3 is 5.97 Å². The van der Waals surface area contributed by atoms with Crippen LogP contribution >= 0.6 is 11.8 Å². The first-order valence-corrected chi connectivity index (χ1v) is 16.4. The average molecular weight is 669 g/mol. The van der Waals surface area contributed by atoms with Crippen LogP contribution in [0.15, 0.2) is 84.0 Å². The van der Waals surface area contributed by atoms with Crippen LogP contribution in [-0.2, 0) is 35.8 Å². The summed E-state index contributed by atoms with van der Waals surface area (Å²) in [4.78, 5) is 37.3. The Bertz CT molecular complexity index is 1910. The molecule has 0 bridgehead atoms. The third kappa shape index (κ3) is 8.51. The average Bonchev–Trinajstić information content (AvgIpc) is 3.29. The number of aromatic nitrogens is 3. The molecule has 0 spiro atoms. The molecule has 1 N–H and O–H groups in total. The maximum Gasteiger partial charge on any atom is 0.309 e. The van der Waals surface area contributed by atoms with Crippen molar-refractivity contribution in [1.82, 2.24) is 14.5 Å². The maximum absolute atomic E-state index is 12.4. The van der Waals surface area contributed by atoms with Crippen molar-refractivity contribution in [2.24, 2.45) is 5.41 Å². The number of hydrogen-bond donors (Lipinski definition) is 1. The van der Waals surface area contributed by atoms with Crippen LogP contribution in [0.2, 0.25) is 0 Å². The number of aryl methyl sites for hydroxylation is 1. The van der Waals surface area contributed by atoms with Gasteiger partial charge in [-0.2, -0.15) is 0 Å². The summed E-state index contributed by atoms with van der Waals surface area (Å²) >= 11 is 1.74. The third-order valence-electron chi connectivity index (χ3n) is 7.80. The number of fused-ring (bicyclic) bond motifs is 1. The Kier molecular flexibility index (Phi) is 10.1. The first kappa shape index (κ1) is 34.4. The fraction of sp³-hybridized carbons (Fsp3) is 0.324. The number of pyridine rings is 2. The summed E-state index contributed by atoms with van der Waals surface area (Å²) in [5.41, 5.74) is 6.17. The van der Waals surface area contributed by atoms with E-state index in [9.17, 15) is 20.0 Å². The van der Waals surface area contributed by atoms with E-state index in [1.165, 1.54) is 0 Å². The summed E-state index contributed by atoms with van der Waals surface area (Å²) < 4.78 is 8.30. The highest BCUT2D eigenvalue weighted by Gasteiger charge is 2.33. The van der Waals surface area contributed by atoms with E-state index in [0.717, 1.165) is 55.3 Å². The molecule has 2 aromatic carbocycles. The second kappa shape index (κ2) is 14.1. The first-order chi connectivity index (χ1) is 22.7. The second-order valence-corrected chi connectivity index (χ2v) is 15.3. The number of hydrogen-bond acceptors (Lipinski definition) is 8. The molecule has 3 aromatic heterocycles. The van der Waals surface area contributed by atoms with E-state index in [2.05, 4.69) is 52.3 Å². The molecule has 0 saturated heterocycles. The van der Waals surface area contributed by atoms with Crippen molar-refractivity contribution < 1.29 is 24.6 Å². The summed E-state index contributed by atoms with van der Waals surface area (Å²) in [6.07, 6.45) is 3.74. The van der Waals surface area contributed by atoms with Gasteiger partial charge in [-0.15, -0.1) is 21.9 Å². The lowest BCUT2D eigenvalue weighted by atomic mass is 9.88. The second-order valence-electron chi connectivity index (χ2n) is 13.5. The molecule has 48 heavy (non-hydrogen) atoms. The molecular formula is C37H40N4O6S. The number of carboxylic acids is 1. The van der Waals surface area contributed by atoms with Crippen molar-refractivity contribution in [2.75, 3.05) is 0 Å².